The highest BCUT2D eigenvalue weighted by atomic mass is 35.5. The van der Waals surface area contributed by atoms with Crippen molar-refractivity contribution in [3.8, 4) is 57.1 Å². The number of hydrogen-bond acceptors (Lipinski definition) is 26. The number of nitrogens with one attached hydrogen (secondary N) is 5. The van der Waals surface area contributed by atoms with E-state index in [1.54, 1.807) is 6.92 Å². The number of aromatic hydroxyl groups is 2. The second-order valence-electron chi connectivity index (χ2n) is 34.6. The molecule has 34 heteroatoms. The average Bonchev–Trinajstić information content (AvgIpc) is 0.756. The number of carbonyl (C=O) groups is 9. The summed E-state index contributed by atoms with van der Waals surface area (Å²) in [5, 5.41) is 109. The predicted octanol–water partition coefficient (Wildman–Crippen LogP) is 8.06. The van der Waals surface area contributed by atoms with Gasteiger partial charge in [0, 0.05) is 73.9 Å². The largest absolute Gasteiger partial charge is 0.507 e. The van der Waals surface area contributed by atoms with Crippen LogP contribution in [0.25, 0.3) is 11.1 Å². The monoisotopic (exact) mass is 1730 g/mol. The molecule has 15 bridgehead atoms. The van der Waals surface area contributed by atoms with Crippen LogP contribution in [0.4, 0.5) is 4.79 Å². The Hall–Kier alpha value is -9.13. The van der Waals surface area contributed by atoms with Crippen LogP contribution in [0.5, 0.6) is 46.0 Å². The van der Waals surface area contributed by atoms with Gasteiger partial charge in [-0.25, -0.2) is 4.79 Å². The number of fused-ring (bicyclic) bond motifs is 15. The molecule has 2 saturated heterocycles. The second kappa shape index (κ2) is 38.5. The third-order valence-electron chi connectivity index (χ3n) is 25.2. The van der Waals surface area contributed by atoms with Crippen molar-refractivity contribution in [3.05, 3.63) is 117 Å². The molecule has 4 saturated carbocycles. The number of Topliss-reactive ketones (excluding diaryl/α,β-unsaturated/α-hetero) is 3. The molecular formula is C88H109Cl2N7O25. The van der Waals surface area contributed by atoms with Gasteiger partial charge in [0.1, 0.15) is 83.4 Å². The highest BCUT2D eigenvalue weighted by Crippen LogP contribution is 2.59. The van der Waals surface area contributed by atoms with E-state index in [1.807, 2.05) is 20.8 Å². The molecule has 0 aromatic heterocycles. The standard InChI is InChI=1S/C88H109Cl2N7O25/c1-7-9-10-18-115-19-17-93-87(114)117-51-33-55-70(59(100)34-51)54-26-44(11-14-58(54)99)53-36-61(102)71-49-30-65(118-63-15-12-45(27-56(63)89)75(105)73(96-82(110)43(8-2)20-39(3)4)60(101)29-50(32-68(91)104)83(111)94-71)79(122-86-80(78(108)77(107)67(38-98)120-86)121-69-37-88(6,92)81(109)40(5)116-69)66(31-49)119-64-16-13-46(28-57(64)90)76(106)74(97-84(53)112)85(113)95-72(55)62(103)35-52-47-22-41-21-42(24-47)25-48(52)23-41/h11-16,26-28,30-31,33-34,39-43,47-48,50,52-53,67,69,71-78,80-81,86,98-100,105-109H,7-10,17-25,29,32,35-38,92H2,1-6H3,(H2,91,104)(H,93,114)(H,94,111)(H,95,113)(H,96,110)(H,97,112)/t40-,41?,42?,43+,47?,48?,50-,52?,53+,67+,69-,71+,72-,73-,74-,75+,76+,77+,78-,80+,81+,86-,88-/m0/s1. The molecule has 6 amide bonds. The molecule has 5 aromatic carbocycles. The summed E-state index contributed by atoms with van der Waals surface area (Å²) in [6.45, 7) is 10.2. The molecule has 18 atom stereocenters. The van der Waals surface area contributed by atoms with Gasteiger partial charge in [0.2, 0.25) is 41.6 Å². The zero-order valence-electron chi connectivity index (χ0n) is 68.6. The second-order valence-corrected chi connectivity index (χ2v) is 35.4. The number of phenols is 2. The highest BCUT2D eigenvalue weighted by molar-refractivity contribution is 6.32. The molecule has 0 radical (unpaired) electrons. The number of phenolic OH excluding ortho intramolecular Hbond substituents is 2. The molecule has 11 aliphatic rings. The van der Waals surface area contributed by atoms with Crippen LogP contribution in [-0.2, 0) is 57.3 Å². The molecule has 4 aliphatic carbocycles. The van der Waals surface area contributed by atoms with Crippen LogP contribution >= 0.6 is 23.2 Å². The van der Waals surface area contributed by atoms with E-state index < -0.39 is 216 Å². The van der Waals surface area contributed by atoms with E-state index in [0.717, 1.165) is 75.6 Å². The van der Waals surface area contributed by atoms with Crippen LogP contribution in [0.2, 0.25) is 10.0 Å². The zero-order chi connectivity index (χ0) is 87.6. The van der Waals surface area contributed by atoms with E-state index >= 15 is 28.8 Å². The molecule has 660 valence electrons. The Morgan fingerprint density at radius 3 is 1.98 bits per heavy atom. The summed E-state index contributed by atoms with van der Waals surface area (Å²) < 4.78 is 50.6. The van der Waals surface area contributed by atoms with Crippen molar-refractivity contribution in [3.63, 3.8) is 0 Å². The fourth-order valence-electron chi connectivity index (χ4n) is 19.0. The van der Waals surface area contributed by atoms with Crippen molar-refractivity contribution in [1.82, 2.24) is 26.6 Å². The van der Waals surface area contributed by atoms with Crippen molar-refractivity contribution in [1.29, 1.82) is 0 Å². The minimum absolute atomic E-state index is 0.00419. The molecule has 32 nitrogen and oxygen atoms in total. The molecular weight excluding hydrogens is 1630 g/mol. The molecule has 0 unspecified atom stereocenters. The predicted molar refractivity (Wildman–Crippen MR) is 438 cm³/mol. The zero-order valence-corrected chi connectivity index (χ0v) is 70.2. The number of hydrogen-bond donors (Lipinski definition) is 15. The first-order chi connectivity index (χ1) is 58.1. The molecule has 17 N–H and O–H groups in total. The number of aliphatic hydroxyl groups is 6. The van der Waals surface area contributed by atoms with Gasteiger partial charge < -0.3 is 117 Å². The lowest BCUT2D eigenvalue weighted by Crippen LogP contribution is -2.64. The minimum atomic E-state index is -2.19. The Balaban J connectivity index is 1.00. The Kier molecular flexibility index (Phi) is 28.6. The fourth-order valence-corrected chi connectivity index (χ4v) is 19.4. The number of halogens is 2. The number of ether oxygens (including phenoxy) is 8. The van der Waals surface area contributed by atoms with Gasteiger partial charge in [-0.15, -0.1) is 0 Å². The summed E-state index contributed by atoms with van der Waals surface area (Å²) >= 11 is 14.5. The van der Waals surface area contributed by atoms with E-state index in [1.165, 1.54) is 68.4 Å². The lowest BCUT2D eigenvalue weighted by molar-refractivity contribution is -0.333. The minimum Gasteiger partial charge on any atom is -0.507 e. The normalized spacial score (nSPS) is 31.0. The third kappa shape index (κ3) is 20.1. The number of benzene rings is 5. The number of aliphatic hydroxyl groups excluding tert-OH is 6. The molecule has 122 heavy (non-hydrogen) atoms. The fraction of sp³-hybridized carbons (Fsp3) is 0.557. The number of unbranched alkanes of at least 4 members (excludes halogenated alkanes) is 2. The first-order valence-electron chi connectivity index (χ1n) is 42.0. The van der Waals surface area contributed by atoms with Gasteiger partial charge in [-0.3, -0.25) is 38.4 Å². The maximum atomic E-state index is 16.6. The van der Waals surface area contributed by atoms with Crippen LogP contribution in [0, 0.1) is 47.3 Å². The van der Waals surface area contributed by atoms with E-state index in [9.17, 15) is 55.2 Å². The maximum absolute atomic E-state index is 16.6. The lowest BCUT2D eigenvalue weighted by atomic mass is 9.51. The van der Waals surface area contributed by atoms with E-state index in [0.29, 0.717) is 31.3 Å². The van der Waals surface area contributed by atoms with Gasteiger partial charge in [0.25, 0.3) is 0 Å². The number of rotatable bonds is 23. The summed E-state index contributed by atoms with van der Waals surface area (Å²) in [7, 11) is 0. The van der Waals surface area contributed by atoms with E-state index in [-0.39, 0.29) is 116 Å². The van der Waals surface area contributed by atoms with Crippen molar-refractivity contribution in [2.45, 2.75) is 235 Å². The summed E-state index contributed by atoms with van der Waals surface area (Å²) in [6.07, 6.45) is -13.5. The number of amides is 6. The summed E-state index contributed by atoms with van der Waals surface area (Å²) in [6, 6.07) is 7.51. The smallest absolute Gasteiger partial charge is 0.412 e. The van der Waals surface area contributed by atoms with E-state index in [2.05, 4.69) is 26.6 Å². The SMILES string of the molecule is CCCCCOCCNC(=O)Oc1cc(O)c2c(c1)[C@@H](C(=O)CC1C3CC4CC(C3)CC1C4)NC(=O)[C@H]1NC(=O)[C@H](CC(=O)[C@@H]3NC(=O)[C@H](CC(N)=O)CC(=O)[C@H](NC(=O)[C@H](CC)CC(C)C)[C@H](O)c4ccc(c(Cl)c4)Oc4cc3cc(c4O[C@@H]3O[C@H](CO)[C@@H](O)[C@H](O)[C@H]3O[C@H]3C[C@](C)(N)[C@H](O)[C@H](C)O3)Oc3ccc(cc3Cl)[C@H]1O)c1ccc(O)c-2c1. The molecule has 6 fully saturated rings. The Morgan fingerprint density at radius 1 is 0.705 bits per heavy atom. The maximum Gasteiger partial charge on any atom is 0.412 e. The van der Waals surface area contributed by atoms with Crippen LogP contribution < -0.4 is 57.0 Å². The Morgan fingerprint density at radius 2 is 1.36 bits per heavy atom. The van der Waals surface area contributed by atoms with Crippen LogP contribution in [0.3, 0.4) is 0 Å². The van der Waals surface area contributed by atoms with Gasteiger partial charge >= 0.3 is 6.09 Å². The molecule has 0 spiro atoms. The molecule has 7 heterocycles. The van der Waals surface area contributed by atoms with Crippen molar-refractivity contribution >= 4 is 76.2 Å². The van der Waals surface area contributed by atoms with Gasteiger partial charge in [-0.05, 0) is 183 Å². The number of nitrogens with two attached hydrogens (primary N) is 2. The van der Waals surface area contributed by atoms with Crippen LogP contribution in [-0.4, -0.2) is 187 Å². The number of carbonyl (C=O) groups excluding carboxylic acids is 9. The lowest BCUT2D eigenvalue weighted by Gasteiger charge is -2.54. The van der Waals surface area contributed by atoms with Gasteiger partial charge in [-0.1, -0.05) is 81.9 Å². The number of ketones is 3. The summed E-state index contributed by atoms with van der Waals surface area (Å²) in [5.41, 5.74) is 9.49. The first kappa shape index (κ1) is 90.6. The van der Waals surface area contributed by atoms with Crippen molar-refractivity contribution < 1.29 is 122 Å². The van der Waals surface area contributed by atoms with Gasteiger partial charge in [0.05, 0.1) is 47.3 Å². The summed E-state index contributed by atoms with van der Waals surface area (Å²) in [4.78, 5) is 137. The number of primary amides is 1. The molecule has 5 aromatic rings. The Bertz CT molecular complexity index is 4730. The van der Waals surface area contributed by atoms with Crippen molar-refractivity contribution in [2.75, 3.05) is 26.4 Å². The van der Waals surface area contributed by atoms with Gasteiger partial charge in [0.15, 0.2) is 41.2 Å². The molecule has 7 aliphatic heterocycles. The van der Waals surface area contributed by atoms with Crippen LogP contribution in [0.15, 0.2) is 78.9 Å². The third-order valence-corrected chi connectivity index (χ3v) is 25.7. The Labute approximate surface area is 715 Å². The molecule has 16 rings (SSSR count). The van der Waals surface area contributed by atoms with Gasteiger partial charge in [-0.2, -0.15) is 0 Å². The van der Waals surface area contributed by atoms with Crippen molar-refractivity contribution in [2.24, 2.45) is 58.8 Å². The summed E-state index contributed by atoms with van der Waals surface area (Å²) in [5.74, 6) is -15.6. The highest BCUT2D eigenvalue weighted by Gasteiger charge is 2.53. The average molecular weight is 1740 g/mol. The van der Waals surface area contributed by atoms with Crippen LogP contribution in [0.1, 0.15) is 196 Å². The quantitative estimate of drug-likeness (QED) is 0.0275. The van der Waals surface area contributed by atoms with E-state index in [4.69, 9.17) is 72.6 Å². The topological polar surface area (TPSA) is 502 Å². The first-order valence-corrected chi connectivity index (χ1v) is 42.7.